The van der Waals surface area contributed by atoms with Crippen LogP contribution >= 0.6 is 11.3 Å². The van der Waals surface area contributed by atoms with Crippen molar-refractivity contribution in [1.82, 2.24) is 9.55 Å². The summed E-state index contributed by atoms with van der Waals surface area (Å²) in [4.78, 5) is 18.2. The second kappa shape index (κ2) is 5.09. The number of aromatic nitrogens is 2. The largest absolute Gasteiger partial charge is 0.341 e. The van der Waals surface area contributed by atoms with Gasteiger partial charge in [-0.05, 0) is 31.2 Å². The monoisotopic (exact) mass is 302 g/mol. The zero-order chi connectivity index (χ0) is 15.2. The number of nitrogens with zero attached hydrogens (tertiary/aromatic N) is 2. The van der Waals surface area contributed by atoms with Gasteiger partial charge in [-0.25, -0.2) is 4.98 Å². The lowest BCUT2D eigenvalue weighted by Gasteiger charge is -2.30. The molecule has 0 N–H and O–H groups in total. The molecule has 3 rings (SSSR count). The van der Waals surface area contributed by atoms with Gasteiger partial charge in [0.25, 0.3) is 0 Å². The number of hydrogen-bond acceptors (Lipinski definition) is 3. The molecule has 1 aliphatic rings. The summed E-state index contributed by atoms with van der Waals surface area (Å²) in [5, 5.41) is 1.13. The Balaban J connectivity index is 1.99. The van der Waals surface area contributed by atoms with Gasteiger partial charge < -0.3 is 4.57 Å². The molecule has 0 aliphatic heterocycles. The summed E-state index contributed by atoms with van der Waals surface area (Å²) in [5.74, 6) is 0.278. The van der Waals surface area contributed by atoms with E-state index in [1.54, 1.807) is 11.3 Å². The van der Waals surface area contributed by atoms with E-state index in [9.17, 15) is 4.79 Å². The number of Topliss-reactive ketones (excluding diaryl/α,β-unsaturated/α-hetero) is 1. The Bertz CT molecular complexity index is 681. The third-order valence-electron chi connectivity index (χ3n) is 4.30. The van der Waals surface area contributed by atoms with E-state index in [1.165, 1.54) is 10.6 Å². The van der Waals surface area contributed by atoms with Crippen molar-refractivity contribution in [3.63, 3.8) is 0 Å². The lowest BCUT2D eigenvalue weighted by molar-refractivity contribution is 0.0909. The van der Waals surface area contributed by atoms with E-state index in [-0.39, 0.29) is 17.2 Å². The zero-order valence-corrected chi connectivity index (χ0v) is 14.0. The molecule has 0 amide bonds. The predicted molar refractivity (Wildman–Crippen MR) is 86.2 cm³/mol. The molecule has 2 heterocycles. The molecule has 2 aromatic rings. The Kier molecular flexibility index (Phi) is 3.52. The van der Waals surface area contributed by atoms with Gasteiger partial charge in [0.15, 0.2) is 5.78 Å². The highest BCUT2D eigenvalue weighted by Gasteiger charge is 2.34. The van der Waals surface area contributed by atoms with Crippen LogP contribution in [0.3, 0.4) is 0 Å². The van der Waals surface area contributed by atoms with Crippen LogP contribution in [0.25, 0.3) is 0 Å². The normalized spacial score (nSPS) is 18.6. The van der Waals surface area contributed by atoms with Crippen LogP contribution < -0.4 is 0 Å². The lowest BCUT2D eigenvalue weighted by Crippen LogP contribution is -2.28. The van der Waals surface area contributed by atoms with Crippen LogP contribution in [0.15, 0.2) is 18.5 Å². The van der Waals surface area contributed by atoms with Crippen molar-refractivity contribution < 1.29 is 4.79 Å². The summed E-state index contributed by atoms with van der Waals surface area (Å²) in [6, 6.07) is 2.18. The van der Waals surface area contributed by atoms with Crippen LogP contribution in [0.4, 0.5) is 0 Å². The fraction of sp³-hybridized carbons (Fsp3) is 0.529. The molecule has 0 spiro atoms. The van der Waals surface area contributed by atoms with Crippen molar-refractivity contribution in [3.8, 4) is 0 Å². The second-order valence-corrected chi connectivity index (χ2v) is 7.87. The molecule has 2 aromatic heterocycles. The maximum atomic E-state index is 12.3. The van der Waals surface area contributed by atoms with Gasteiger partial charge >= 0.3 is 0 Å². The highest BCUT2D eigenvalue weighted by atomic mass is 32.1. The van der Waals surface area contributed by atoms with E-state index in [0.717, 1.165) is 23.4 Å². The van der Waals surface area contributed by atoms with Gasteiger partial charge in [0.2, 0.25) is 0 Å². The SMILES string of the molecule is CCc1cnc(C(C)n2ccc3c2CC(C)(C)CC3=O)s1. The first kappa shape index (κ1) is 14.5. The fourth-order valence-electron chi connectivity index (χ4n) is 3.13. The third kappa shape index (κ3) is 2.57. The number of carbonyl (C=O) groups excluding carboxylic acids is 1. The summed E-state index contributed by atoms with van der Waals surface area (Å²) >= 11 is 1.77. The molecule has 0 radical (unpaired) electrons. The minimum Gasteiger partial charge on any atom is -0.341 e. The summed E-state index contributed by atoms with van der Waals surface area (Å²) in [6.07, 6.45) is 6.66. The van der Waals surface area contributed by atoms with Gasteiger partial charge in [-0.3, -0.25) is 4.79 Å². The molecule has 1 unspecified atom stereocenters. The second-order valence-electron chi connectivity index (χ2n) is 6.72. The molecular weight excluding hydrogens is 280 g/mol. The lowest BCUT2D eigenvalue weighted by atomic mass is 9.76. The Hall–Kier alpha value is -1.42. The molecule has 112 valence electrons. The summed E-state index contributed by atoms with van der Waals surface area (Å²) in [7, 11) is 0. The Labute approximate surface area is 130 Å². The fourth-order valence-corrected chi connectivity index (χ4v) is 4.04. The molecular formula is C17H22N2OS. The van der Waals surface area contributed by atoms with E-state index in [1.807, 2.05) is 12.3 Å². The van der Waals surface area contributed by atoms with Crippen LogP contribution in [0.5, 0.6) is 0 Å². The number of hydrogen-bond donors (Lipinski definition) is 0. The maximum absolute atomic E-state index is 12.3. The number of rotatable bonds is 3. The molecule has 1 aliphatic carbocycles. The van der Waals surface area contributed by atoms with Crippen LogP contribution in [0.1, 0.15) is 66.1 Å². The molecule has 0 bridgehead atoms. The first-order valence-electron chi connectivity index (χ1n) is 7.59. The molecule has 0 aromatic carbocycles. The Morgan fingerprint density at radius 1 is 1.43 bits per heavy atom. The van der Waals surface area contributed by atoms with Crippen molar-refractivity contribution in [2.24, 2.45) is 5.41 Å². The standard InChI is InChI=1S/C17H22N2OS/c1-5-12-10-18-16(21-12)11(2)19-7-6-13-14(19)8-17(3,4)9-15(13)20/h6-7,10-11H,5,8-9H2,1-4H3. The topological polar surface area (TPSA) is 34.9 Å². The molecule has 4 heteroatoms. The van der Waals surface area contributed by atoms with Gasteiger partial charge in [0.05, 0.1) is 6.04 Å². The number of thiazole rings is 1. The molecule has 0 saturated carbocycles. The van der Waals surface area contributed by atoms with Crippen LogP contribution in [0.2, 0.25) is 0 Å². The van der Waals surface area contributed by atoms with Gasteiger partial charge in [-0.15, -0.1) is 11.3 Å². The minimum atomic E-state index is 0.0529. The third-order valence-corrected chi connectivity index (χ3v) is 5.62. The number of aryl methyl sites for hydroxylation is 1. The van der Waals surface area contributed by atoms with Crippen molar-refractivity contribution in [1.29, 1.82) is 0 Å². The van der Waals surface area contributed by atoms with Crippen LogP contribution in [0, 0.1) is 5.41 Å². The van der Waals surface area contributed by atoms with Crippen molar-refractivity contribution in [3.05, 3.63) is 39.6 Å². The Morgan fingerprint density at radius 3 is 2.86 bits per heavy atom. The summed E-state index contributed by atoms with van der Waals surface area (Å²) in [5.41, 5.74) is 2.14. The first-order valence-corrected chi connectivity index (χ1v) is 8.40. The molecule has 3 nitrogen and oxygen atoms in total. The Morgan fingerprint density at radius 2 is 2.19 bits per heavy atom. The van der Waals surface area contributed by atoms with Gasteiger partial charge in [-0.2, -0.15) is 0 Å². The van der Waals surface area contributed by atoms with Crippen LogP contribution in [-0.4, -0.2) is 15.3 Å². The predicted octanol–water partition coefficient (Wildman–Crippen LogP) is 4.27. The molecule has 0 saturated heterocycles. The van der Waals surface area contributed by atoms with Crippen molar-refractivity contribution >= 4 is 17.1 Å². The average Bonchev–Trinajstić information content (AvgIpc) is 3.02. The van der Waals surface area contributed by atoms with E-state index in [2.05, 4.69) is 43.4 Å². The van der Waals surface area contributed by atoms with Crippen LogP contribution in [-0.2, 0) is 12.8 Å². The zero-order valence-electron chi connectivity index (χ0n) is 13.1. The number of carbonyl (C=O) groups is 1. The number of ketones is 1. The average molecular weight is 302 g/mol. The van der Waals surface area contributed by atoms with Gasteiger partial charge in [0.1, 0.15) is 5.01 Å². The highest BCUT2D eigenvalue weighted by molar-refractivity contribution is 7.11. The summed E-state index contributed by atoms with van der Waals surface area (Å²) in [6.45, 7) is 8.67. The minimum absolute atomic E-state index is 0.0529. The highest BCUT2D eigenvalue weighted by Crippen LogP contribution is 2.37. The molecule has 0 fully saturated rings. The molecule has 1 atom stereocenters. The van der Waals surface area contributed by atoms with Gasteiger partial charge in [0, 0.05) is 34.9 Å². The smallest absolute Gasteiger partial charge is 0.165 e. The quantitative estimate of drug-likeness (QED) is 0.848. The number of fused-ring (bicyclic) bond motifs is 1. The first-order chi connectivity index (χ1) is 9.91. The maximum Gasteiger partial charge on any atom is 0.165 e. The van der Waals surface area contributed by atoms with E-state index >= 15 is 0 Å². The van der Waals surface area contributed by atoms with E-state index in [0.29, 0.717) is 6.42 Å². The van der Waals surface area contributed by atoms with Crippen molar-refractivity contribution in [2.45, 2.75) is 53.0 Å². The molecule has 21 heavy (non-hydrogen) atoms. The van der Waals surface area contributed by atoms with Crippen molar-refractivity contribution in [2.75, 3.05) is 0 Å². The van der Waals surface area contributed by atoms with E-state index < -0.39 is 0 Å². The summed E-state index contributed by atoms with van der Waals surface area (Å²) < 4.78 is 2.24. The van der Waals surface area contributed by atoms with Gasteiger partial charge in [-0.1, -0.05) is 20.8 Å². The van der Waals surface area contributed by atoms with E-state index in [4.69, 9.17) is 0 Å².